The van der Waals surface area contributed by atoms with Crippen molar-refractivity contribution in [2.24, 2.45) is 0 Å². The average molecular weight is 346 g/mol. The van der Waals surface area contributed by atoms with Crippen LogP contribution in [0.2, 0.25) is 0 Å². The minimum atomic E-state index is -2.74. The Kier molecular flexibility index (Phi) is 4.13. The third-order valence-corrected chi connectivity index (χ3v) is 8.39. The molecule has 0 saturated carbocycles. The zero-order valence-corrected chi connectivity index (χ0v) is 15.6. The van der Waals surface area contributed by atoms with Gasteiger partial charge < -0.3 is 18.8 Å². The number of ether oxygens (including phenoxy) is 3. The van der Waals surface area contributed by atoms with Gasteiger partial charge in [0.05, 0.1) is 25.1 Å². The molecule has 5 heteroatoms. The van der Waals surface area contributed by atoms with E-state index in [4.69, 9.17) is 14.2 Å². The number of hydrogen-bond acceptors (Lipinski definition) is 4. The van der Waals surface area contributed by atoms with E-state index >= 15 is 0 Å². The monoisotopic (exact) mass is 346 g/mol. The van der Waals surface area contributed by atoms with Crippen molar-refractivity contribution in [3.63, 3.8) is 0 Å². The van der Waals surface area contributed by atoms with Crippen LogP contribution in [0, 0.1) is 0 Å². The topological polar surface area (TPSA) is 44.8 Å². The summed E-state index contributed by atoms with van der Waals surface area (Å²) >= 11 is 0. The predicted molar refractivity (Wildman–Crippen MR) is 97.5 cm³/mol. The SMILES string of the molecule is COc1cccc(OC)c1-c1cccc2c1[P@](=O)(C(C)(C)C)CO2. The molecule has 0 unspecified atom stereocenters. The Hall–Kier alpha value is -1.93. The lowest BCUT2D eigenvalue weighted by Gasteiger charge is -2.28. The number of hydrogen-bond donors (Lipinski definition) is 0. The molecule has 0 spiro atoms. The van der Waals surface area contributed by atoms with Gasteiger partial charge in [0.15, 0.2) is 7.14 Å². The molecule has 0 fully saturated rings. The van der Waals surface area contributed by atoms with Crippen molar-refractivity contribution in [1.29, 1.82) is 0 Å². The van der Waals surface area contributed by atoms with Gasteiger partial charge in [-0.3, -0.25) is 0 Å². The molecule has 1 aliphatic heterocycles. The van der Waals surface area contributed by atoms with Crippen LogP contribution in [0.3, 0.4) is 0 Å². The average Bonchev–Trinajstić information content (AvgIpc) is 2.92. The summed E-state index contributed by atoms with van der Waals surface area (Å²) in [6.45, 7) is 6.01. The number of fused-ring (bicyclic) bond motifs is 1. The highest BCUT2D eigenvalue weighted by Crippen LogP contribution is 2.63. The molecule has 0 aromatic heterocycles. The first-order valence-electron chi connectivity index (χ1n) is 7.90. The van der Waals surface area contributed by atoms with Gasteiger partial charge in [0.2, 0.25) is 0 Å². The van der Waals surface area contributed by atoms with Crippen LogP contribution in [0.4, 0.5) is 0 Å². The first kappa shape index (κ1) is 16.9. The minimum Gasteiger partial charge on any atom is -0.496 e. The fraction of sp³-hybridized carbons (Fsp3) is 0.368. The maximum atomic E-state index is 13.8. The Balaban J connectivity index is 2.35. The summed E-state index contributed by atoms with van der Waals surface area (Å²) < 4.78 is 30.7. The van der Waals surface area contributed by atoms with Crippen molar-refractivity contribution in [3.05, 3.63) is 36.4 Å². The molecule has 0 amide bonds. The molecule has 2 aromatic carbocycles. The molecule has 0 bridgehead atoms. The lowest BCUT2D eigenvalue weighted by Crippen LogP contribution is -2.23. The van der Waals surface area contributed by atoms with Crippen LogP contribution in [-0.4, -0.2) is 25.7 Å². The number of rotatable bonds is 3. The van der Waals surface area contributed by atoms with E-state index in [9.17, 15) is 4.57 Å². The van der Waals surface area contributed by atoms with Crippen LogP contribution < -0.4 is 19.5 Å². The first-order chi connectivity index (χ1) is 11.3. The molecular formula is C19H23O4P. The largest absolute Gasteiger partial charge is 0.496 e. The van der Waals surface area contributed by atoms with E-state index in [0.29, 0.717) is 17.2 Å². The van der Waals surface area contributed by atoms with Crippen LogP contribution in [0.1, 0.15) is 20.8 Å². The van der Waals surface area contributed by atoms with Crippen LogP contribution in [0.25, 0.3) is 11.1 Å². The molecular weight excluding hydrogens is 323 g/mol. The van der Waals surface area contributed by atoms with Gasteiger partial charge >= 0.3 is 0 Å². The molecule has 0 N–H and O–H groups in total. The molecule has 24 heavy (non-hydrogen) atoms. The van der Waals surface area contributed by atoms with Gasteiger partial charge in [0.25, 0.3) is 0 Å². The summed E-state index contributed by atoms with van der Waals surface area (Å²) in [5, 5.41) is 0.407. The van der Waals surface area contributed by atoms with E-state index in [1.165, 1.54) is 0 Å². The highest BCUT2D eigenvalue weighted by atomic mass is 31.2. The van der Waals surface area contributed by atoms with E-state index in [-0.39, 0.29) is 11.5 Å². The molecule has 3 rings (SSSR count). The smallest absolute Gasteiger partial charge is 0.160 e. The van der Waals surface area contributed by atoms with Crippen molar-refractivity contribution >= 4 is 12.4 Å². The number of benzene rings is 2. The Bertz CT molecular complexity index is 798. The second-order valence-corrected chi connectivity index (χ2v) is 10.4. The van der Waals surface area contributed by atoms with E-state index in [1.807, 2.05) is 57.2 Å². The molecule has 2 aromatic rings. The van der Waals surface area contributed by atoms with Crippen LogP contribution in [0.5, 0.6) is 17.2 Å². The summed E-state index contributed by atoms with van der Waals surface area (Å²) in [5.74, 6) is 2.07. The van der Waals surface area contributed by atoms with Crippen molar-refractivity contribution < 1.29 is 18.8 Å². The molecule has 1 atom stereocenters. The fourth-order valence-electron chi connectivity index (χ4n) is 3.08. The molecule has 1 aliphatic rings. The molecule has 128 valence electrons. The zero-order chi connectivity index (χ0) is 17.5. The zero-order valence-electron chi connectivity index (χ0n) is 14.8. The fourth-order valence-corrected chi connectivity index (χ4v) is 5.66. The van der Waals surface area contributed by atoms with E-state index in [1.54, 1.807) is 14.2 Å². The van der Waals surface area contributed by atoms with E-state index in [0.717, 1.165) is 16.4 Å². The maximum Gasteiger partial charge on any atom is 0.160 e. The van der Waals surface area contributed by atoms with Gasteiger partial charge in [-0.1, -0.05) is 39.0 Å². The quantitative estimate of drug-likeness (QED) is 0.767. The predicted octanol–water partition coefficient (Wildman–Crippen LogP) is 4.51. The second kappa shape index (κ2) is 5.86. The Morgan fingerprint density at radius 3 is 2.12 bits per heavy atom. The normalized spacial score (nSPS) is 19.5. The summed E-state index contributed by atoms with van der Waals surface area (Å²) in [7, 11) is 0.512. The molecule has 0 aliphatic carbocycles. The van der Waals surface area contributed by atoms with Gasteiger partial charge in [-0.05, 0) is 18.2 Å². The van der Waals surface area contributed by atoms with Crippen molar-refractivity contribution in [1.82, 2.24) is 0 Å². The highest BCUT2D eigenvalue weighted by Gasteiger charge is 2.47. The number of methoxy groups -OCH3 is 2. The van der Waals surface area contributed by atoms with Crippen LogP contribution in [-0.2, 0) is 4.57 Å². The Morgan fingerprint density at radius 1 is 1.00 bits per heavy atom. The van der Waals surface area contributed by atoms with Gasteiger partial charge in [-0.25, -0.2) is 0 Å². The van der Waals surface area contributed by atoms with Gasteiger partial charge in [-0.15, -0.1) is 0 Å². The van der Waals surface area contributed by atoms with Gasteiger partial charge in [-0.2, -0.15) is 0 Å². The Labute approximate surface area is 143 Å². The third-order valence-electron chi connectivity index (χ3n) is 4.54. The molecule has 1 heterocycles. The van der Waals surface area contributed by atoms with Gasteiger partial charge in [0, 0.05) is 10.7 Å². The van der Waals surface area contributed by atoms with E-state index in [2.05, 4.69) is 0 Å². The molecule has 0 saturated heterocycles. The van der Waals surface area contributed by atoms with Crippen molar-refractivity contribution in [2.45, 2.75) is 25.9 Å². The summed E-state index contributed by atoms with van der Waals surface area (Å²) in [6.07, 6.45) is 0.236. The summed E-state index contributed by atoms with van der Waals surface area (Å²) in [4.78, 5) is 0. The lowest BCUT2D eigenvalue weighted by molar-refractivity contribution is 0.389. The first-order valence-corrected chi connectivity index (χ1v) is 9.79. The Morgan fingerprint density at radius 2 is 1.58 bits per heavy atom. The summed E-state index contributed by atoms with van der Waals surface area (Å²) in [6, 6.07) is 11.4. The highest BCUT2D eigenvalue weighted by molar-refractivity contribution is 7.73. The van der Waals surface area contributed by atoms with Crippen LogP contribution in [0.15, 0.2) is 36.4 Å². The standard InChI is InChI=1S/C19H23O4P/c1-19(2,3)24(20)12-23-16-11-6-8-13(18(16)24)17-14(21-4)9-7-10-15(17)22-5/h6-11H,12H2,1-5H3/t24-/m0/s1. The maximum absolute atomic E-state index is 13.8. The lowest BCUT2D eigenvalue weighted by atomic mass is 10.0. The van der Waals surface area contributed by atoms with Crippen LogP contribution >= 0.6 is 7.14 Å². The minimum absolute atomic E-state index is 0.236. The summed E-state index contributed by atoms with van der Waals surface area (Å²) in [5.41, 5.74) is 1.67. The molecule has 0 radical (unpaired) electrons. The third kappa shape index (κ3) is 2.41. The second-order valence-electron chi connectivity index (χ2n) is 6.87. The van der Waals surface area contributed by atoms with Gasteiger partial charge in [0.1, 0.15) is 23.6 Å². The molecule has 4 nitrogen and oxygen atoms in total. The van der Waals surface area contributed by atoms with Crippen molar-refractivity contribution in [2.75, 3.05) is 20.6 Å². The van der Waals surface area contributed by atoms with E-state index < -0.39 is 7.14 Å². The van der Waals surface area contributed by atoms with Crippen molar-refractivity contribution in [3.8, 4) is 28.4 Å².